The van der Waals surface area contributed by atoms with Crippen LogP contribution < -0.4 is 10.6 Å². The van der Waals surface area contributed by atoms with Gasteiger partial charge in [-0.05, 0) is 29.4 Å². The summed E-state index contributed by atoms with van der Waals surface area (Å²) < 4.78 is 0.155. The Balaban J connectivity index is 1.97. The maximum atomic E-state index is 12.8. The smallest absolute Gasteiger partial charge is 0.319 e. The fraction of sp³-hybridized carbons (Fsp3) is 0.708. The first-order chi connectivity index (χ1) is 13.9. The molecule has 1 fully saturated rings. The van der Waals surface area contributed by atoms with Crippen molar-refractivity contribution in [3.8, 4) is 0 Å². The van der Waals surface area contributed by atoms with Crippen LogP contribution in [0.5, 0.6) is 0 Å². The Hall–Kier alpha value is -0.810. The van der Waals surface area contributed by atoms with Crippen LogP contribution in [0.1, 0.15) is 96.1 Å². The maximum absolute atomic E-state index is 12.8. The molecule has 0 aliphatic carbocycles. The van der Waals surface area contributed by atoms with Crippen LogP contribution in [0.2, 0.25) is 0 Å². The number of rotatable bonds is 11. The predicted octanol–water partition coefficient (Wildman–Crippen LogP) is 7.59. The van der Waals surface area contributed by atoms with E-state index in [1.54, 1.807) is 0 Å². The van der Waals surface area contributed by atoms with Crippen molar-refractivity contribution >= 4 is 35.2 Å². The summed E-state index contributed by atoms with van der Waals surface area (Å²) in [6.07, 6.45) is 7.71. The Morgan fingerprint density at radius 2 is 1.59 bits per heavy atom. The number of anilines is 1. The molecule has 0 unspecified atom stereocenters. The van der Waals surface area contributed by atoms with Crippen LogP contribution in [-0.4, -0.2) is 28.2 Å². The van der Waals surface area contributed by atoms with Crippen molar-refractivity contribution in [1.29, 1.82) is 0 Å². The number of carbonyl (C=O) groups excluding carboxylic acids is 1. The highest BCUT2D eigenvalue weighted by molar-refractivity contribution is 8.21. The van der Waals surface area contributed by atoms with Crippen LogP contribution in [0.15, 0.2) is 18.2 Å². The molecule has 5 heteroatoms. The fourth-order valence-corrected chi connectivity index (χ4v) is 7.07. The van der Waals surface area contributed by atoms with E-state index in [-0.39, 0.29) is 10.1 Å². The van der Waals surface area contributed by atoms with Gasteiger partial charge in [-0.15, -0.1) is 23.5 Å². The van der Waals surface area contributed by atoms with Gasteiger partial charge >= 0.3 is 6.03 Å². The van der Waals surface area contributed by atoms with Gasteiger partial charge in [0.1, 0.15) is 0 Å². The Morgan fingerprint density at radius 1 is 1.00 bits per heavy atom. The topological polar surface area (TPSA) is 41.1 Å². The van der Waals surface area contributed by atoms with E-state index in [0.29, 0.717) is 11.8 Å². The Bertz CT molecular complexity index is 614. The molecule has 0 saturated carbocycles. The highest BCUT2D eigenvalue weighted by atomic mass is 32.2. The number of benzene rings is 1. The van der Waals surface area contributed by atoms with E-state index in [1.165, 1.54) is 61.2 Å². The first kappa shape index (κ1) is 24.5. The lowest BCUT2D eigenvalue weighted by Crippen LogP contribution is -2.39. The third-order valence-corrected chi connectivity index (χ3v) is 9.14. The number of unbranched alkanes of at least 4 members (excludes halogenated alkanes) is 4. The molecule has 3 nitrogen and oxygen atoms in total. The zero-order valence-corrected chi connectivity index (χ0v) is 20.6. The van der Waals surface area contributed by atoms with E-state index in [1.807, 2.05) is 23.5 Å². The zero-order chi connectivity index (χ0) is 21.3. The van der Waals surface area contributed by atoms with Crippen LogP contribution >= 0.6 is 23.5 Å². The molecule has 0 radical (unpaired) electrons. The molecule has 0 spiro atoms. The van der Waals surface area contributed by atoms with Gasteiger partial charge in [-0.2, -0.15) is 0 Å². The number of nitrogens with one attached hydrogen (secondary N) is 2. The molecule has 2 amide bonds. The Morgan fingerprint density at radius 3 is 2.14 bits per heavy atom. The second-order valence-electron chi connectivity index (χ2n) is 8.70. The molecule has 1 aromatic carbocycles. The average Bonchev–Trinajstić information content (AvgIpc) is 3.15. The van der Waals surface area contributed by atoms with Crippen molar-refractivity contribution < 1.29 is 4.79 Å². The monoisotopic (exact) mass is 436 g/mol. The number of amides is 2. The number of thioether (sulfide) groups is 2. The van der Waals surface area contributed by atoms with E-state index in [9.17, 15) is 4.79 Å². The van der Waals surface area contributed by atoms with E-state index >= 15 is 0 Å². The minimum absolute atomic E-state index is 0.0709. The molecule has 2 N–H and O–H groups in total. The molecule has 1 aromatic rings. The summed E-state index contributed by atoms with van der Waals surface area (Å²) in [7, 11) is 0. The molecular weight excluding hydrogens is 396 g/mol. The van der Waals surface area contributed by atoms with Gasteiger partial charge in [0.25, 0.3) is 0 Å². The molecule has 29 heavy (non-hydrogen) atoms. The van der Waals surface area contributed by atoms with Crippen LogP contribution in [-0.2, 0) is 0 Å². The first-order valence-corrected chi connectivity index (χ1v) is 13.3. The lowest BCUT2D eigenvalue weighted by Gasteiger charge is -2.28. The summed E-state index contributed by atoms with van der Waals surface area (Å²) in [5, 5.41) is 6.41. The largest absolute Gasteiger partial charge is 0.336 e. The van der Waals surface area contributed by atoms with Crippen molar-refractivity contribution in [3.63, 3.8) is 0 Å². The van der Waals surface area contributed by atoms with Crippen molar-refractivity contribution in [3.05, 3.63) is 29.3 Å². The van der Waals surface area contributed by atoms with Crippen molar-refractivity contribution in [2.75, 3.05) is 23.4 Å². The molecule has 1 saturated heterocycles. The highest BCUT2D eigenvalue weighted by Gasteiger charge is 2.35. The third-order valence-electron chi connectivity index (χ3n) is 5.60. The van der Waals surface area contributed by atoms with Crippen LogP contribution in [0.25, 0.3) is 0 Å². The van der Waals surface area contributed by atoms with E-state index < -0.39 is 0 Å². The van der Waals surface area contributed by atoms with E-state index in [0.717, 1.165) is 12.2 Å². The molecule has 1 aliphatic rings. The van der Waals surface area contributed by atoms with Gasteiger partial charge in [-0.3, -0.25) is 0 Å². The second-order valence-corrected chi connectivity index (χ2v) is 11.9. The predicted molar refractivity (Wildman–Crippen MR) is 133 cm³/mol. The minimum atomic E-state index is -0.0709. The lowest BCUT2D eigenvalue weighted by molar-refractivity contribution is 0.251. The normalized spacial score (nSPS) is 15.8. The van der Waals surface area contributed by atoms with Gasteiger partial charge < -0.3 is 10.6 Å². The molecule has 1 aliphatic heterocycles. The summed E-state index contributed by atoms with van der Waals surface area (Å²) in [4.78, 5) is 12.8. The van der Waals surface area contributed by atoms with Gasteiger partial charge in [0.05, 0.1) is 4.08 Å². The van der Waals surface area contributed by atoms with Gasteiger partial charge in [-0.25, -0.2) is 4.79 Å². The van der Waals surface area contributed by atoms with Crippen LogP contribution in [0.3, 0.4) is 0 Å². The molecular formula is C24H40N2OS2. The number of hydrogen-bond donors (Lipinski definition) is 2. The molecule has 1 heterocycles. The summed E-state index contributed by atoms with van der Waals surface area (Å²) in [6.45, 7) is 11.7. The number of hydrogen-bond acceptors (Lipinski definition) is 3. The van der Waals surface area contributed by atoms with Crippen LogP contribution in [0.4, 0.5) is 10.5 Å². The average molecular weight is 437 g/mol. The van der Waals surface area contributed by atoms with Gasteiger partial charge in [0, 0.05) is 23.7 Å². The highest BCUT2D eigenvalue weighted by Crippen LogP contribution is 2.47. The van der Waals surface area contributed by atoms with E-state index in [2.05, 4.69) is 63.5 Å². The molecule has 0 aromatic heterocycles. The van der Waals surface area contributed by atoms with Crippen molar-refractivity contribution in [2.24, 2.45) is 0 Å². The minimum Gasteiger partial charge on any atom is -0.336 e. The third kappa shape index (κ3) is 7.43. The fourth-order valence-electron chi connectivity index (χ4n) is 3.90. The lowest BCUT2D eigenvalue weighted by atomic mass is 9.93. The quantitative estimate of drug-likeness (QED) is 0.351. The summed E-state index contributed by atoms with van der Waals surface area (Å²) in [6, 6.07) is 6.30. The molecule has 2 rings (SSSR count). The maximum Gasteiger partial charge on any atom is 0.319 e. The molecule has 0 atom stereocenters. The van der Waals surface area contributed by atoms with Gasteiger partial charge in [0.2, 0.25) is 0 Å². The van der Waals surface area contributed by atoms with Gasteiger partial charge in [-0.1, -0.05) is 84.9 Å². The SMILES string of the molecule is CCCCCCCC1(CNC(=O)Nc2c(C(C)C)cccc2C(C)C)SCCS1. The molecule has 164 valence electrons. The first-order valence-electron chi connectivity index (χ1n) is 11.3. The summed E-state index contributed by atoms with van der Waals surface area (Å²) >= 11 is 4.08. The number of carbonyl (C=O) groups is 1. The summed E-state index contributed by atoms with van der Waals surface area (Å²) in [5.41, 5.74) is 3.42. The van der Waals surface area contributed by atoms with Crippen molar-refractivity contribution in [2.45, 2.75) is 89.1 Å². The van der Waals surface area contributed by atoms with Gasteiger partial charge in [0.15, 0.2) is 0 Å². The number of urea groups is 1. The van der Waals surface area contributed by atoms with Crippen LogP contribution in [0, 0.1) is 0 Å². The number of para-hydroxylation sites is 1. The Labute approximate surface area is 187 Å². The zero-order valence-electron chi connectivity index (χ0n) is 19.0. The second kappa shape index (κ2) is 12.1. The standard InChI is InChI=1S/C24H40N2OS2/c1-6-7-8-9-10-14-24(28-15-16-29-24)17-25-23(27)26-22-20(18(2)3)12-11-13-21(22)19(4)5/h11-13,18-19H,6-10,14-17H2,1-5H3,(H2,25,26,27). The van der Waals surface area contributed by atoms with Crippen molar-refractivity contribution in [1.82, 2.24) is 5.32 Å². The van der Waals surface area contributed by atoms with E-state index in [4.69, 9.17) is 0 Å². The Kier molecular flexibility index (Phi) is 10.2. The summed E-state index contributed by atoms with van der Waals surface area (Å²) in [5.74, 6) is 3.13. The molecule has 0 bridgehead atoms.